The van der Waals surface area contributed by atoms with E-state index in [2.05, 4.69) is 63.6 Å². The Bertz CT molecular complexity index is 949. The van der Waals surface area contributed by atoms with Crippen LogP contribution in [0.1, 0.15) is 101 Å². The molecule has 0 radical (unpaired) electrons. The van der Waals surface area contributed by atoms with Gasteiger partial charge in [0.05, 0.1) is 12.6 Å². The molecule has 3 unspecified atom stereocenters. The van der Waals surface area contributed by atoms with Crippen LogP contribution in [-0.4, -0.2) is 61.0 Å². The van der Waals surface area contributed by atoms with Crippen LogP contribution in [0.2, 0.25) is 0 Å². The molecule has 2 fully saturated rings. The molecule has 1 heterocycles. The zero-order chi connectivity index (χ0) is 34.1. The predicted octanol–water partition coefficient (Wildman–Crippen LogP) is 6.53. The quantitative estimate of drug-likeness (QED) is 0.269. The average molecular weight is 618 g/mol. The van der Waals surface area contributed by atoms with Gasteiger partial charge in [-0.3, -0.25) is 14.4 Å². The second kappa shape index (κ2) is 24.8. The lowest BCUT2D eigenvalue weighted by molar-refractivity contribution is -0.131. The molecule has 0 aromatic heterocycles. The van der Waals surface area contributed by atoms with Crippen molar-refractivity contribution in [2.45, 2.75) is 120 Å². The van der Waals surface area contributed by atoms with Crippen molar-refractivity contribution in [3.8, 4) is 6.07 Å². The molecule has 0 bridgehead atoms. The first-order valence-electron chi connectivity index (χ1n) is 15.8. The molecule has 1 saturated carbocycles. The number of benzene rings is 1. The summed E-state index contributed by atoms with van der Waals surface area (Å²) >= 11 is 0. The third-order valence-corrected chi connectivity index (χ3v) is 5.83. The van der Waals surface area contributed by atoms with Gasteiger partial charge in [0.2, 0.25) is 18.7 Å². The lowest BCUT2D eigenvalue weighted by Gasteiger charge is -2.26. The van der Waals surface area contributed by atoms with Crippen molar-refractivity contribution in [3.05, 3.63) is 30.3 Å². The maximum absolute atomic E-state index is 11.5. The maximum atomic E-state index is 11.5. The molecule has 2 aliphatic rings. The maximum Gasteiger partial charge on any atom is 0.407 e. The van der Waals surface area contributed by atoms with Crippen LogP contribution in [-0.2, 0) is 19.1 Å². The van der Waals surface area contributed by atoms with Crippen molar-refractivity contribution in [2.24, 2.45) is 17.3 Å². The van der Waals surface area contributed by atoms with Crippen LogP contribution in [0.25, 0.3) is 0 Å². The number of alkyl carbamates (subject to hydrolysis) is 1. The molecule has 10 heteroatoms. The third kappa shape index (κ3) is 23.9. The van der Waals surface area contributed by atoms with Gasteiger partial charge in [-0.05, 0) is 68.4 Å². The molecule has 250 valence electrons. The molecule has 1 aliphatic heterocycles. The molecule has 1 aromatic rings. The van der Waals surface area contributed by atoms with Gasteiger partial charge in [0, 0.05) is 18.3 Å². The second-order valence-electron chi connectivity index (χ2n) is 12.8. The zero-order valence-electron chi connectivity index (χ0n) is 28.8. The summed E-state index contributed by atoms with van der Waals surface area (Å²) in [4.78, 5) is 44.2. The number of nitrogens with zero attached hydrogens (tertiary/aromatic N) is 2. The molecule has 3 atom stereocenters. The molecule has 1 aromatic carbocycles. The number of carbonyl (C=O) groups excluding carboxylic acids is 4. The summed E-state index contributed by atoms with van der Waals surface area (Å²) in [6, 6.07) is 11.3. The number of hydrogen-bond acceptors (Lipinski definition) is 6. The molecule has 1 saturated heterocycles. The number of hydrogen-bond donors (Lipinski definition) is 3. The fraction of sp³-hybridized carbons (Fsp3) is 0.676. The fourth-order valence-electron chi connectivity index (χ4n) is 3.92. The molecule has 3 N–H and O–H groups in total. The Labute approximate surface area is 266 Å². The number of para-hydroxylation sites is 1. The summed E-state index contributed by atoms with van der Waals surface area (Å²) < 4.78 is 5.19. The SMILES string of the molecule is CC.CC(C)(C)C.CC(C)CC(C)NC(=O)OC1CCC1.CC1CC(C#N)N(C(=O)CNC=O)C1.O=CNc1ccccc1. The van der Waals surface area contributed by atoms with Crippen molar-refractivity contribution in [3.63, 3.8) is 0 Å². The summed E-state index contributed by atoms with van der Waals surface area (Å²) in [6.07, 6.45) is 6.07. The van der Waals surface area contributed by atoms with Crippen LogP contribution in [0.3, 0.4) is 0 Å². The van der Waals surface area contributed by atoms with Gasteiger partial charge in [-0.25, -0.2) is 4.79 Å². The van der Waals surface area contributed by atoms with E-state index in [9.17, 15) is 19.2 Å². The van der Waals surface area contributed by atoms with Gasteiger partial charge in [-0.1, -0.05) is 80.5 Å². The van der Waals surface area contributed by atoms with Crippen LogP contribution in [0.5, 0.6) is 0 Å². The van der Waals surface area contributed by atoms with E-state index in [4.69, 9.17) is 10.00 Å². The van der Waals surface area contributed by atoms with Crippen molar-refractivity contribution in [1.82, 2.24) is 15.5 Å². The number of likely N-dealkylation sites (tertiary alicyclic amines) is 1. The lowest BCUT2D eigenvalue weighted by Crippen LogP contribution is -2.40. The van der Waals surface area contributed by atoms with Gasteiger partial charge in [0.15, 0.2) is 0 Å². The van der Waals surface area contributed by atoms with Crippen LogP contribution in [0.15, 0.2) is 30.3 Å². The Morgan fingerprint density at radius 1 is 1.07 bits per heavy atom. The molecular formula is C34H59N5O5. The van der Waals surface area contributed by atoms with E-state index < -0.39 is 0 Å². The van der Waals surface area contributed by atoms with E-state index in [1.165, 1.54) is 11.3 Å². The van der Waals surface area contributed by atoms with Gasteiger partial charge in [-0.2, -0.15) is 5.26 Å². The molecule has 44 heavy (non-hydrogen) atoms. The van der Waals surface area contributed by atoms with Gasteiger partial charge in [-0.15, -0.1) is 0 Å². The van der Waals surface area contributed by atoms with Gasteiger partial charge < -0.3 is 25.6 Å². The average Bonchev–Trinajstić information content (AvgIpc) is 3.31. The molecule has 10 nitrogen and oxygen atoms in total. The number of anilines is 1. The van der Waals surface area contributed by atoms with Gasteiger partial charge in [0.1, 0.15) is 12.1 Å². The van der Waals surface area contributed by atoms with E-state index in [1.807, 2.05) is 58.0 Å². The number of rotatable bonds is 9. The fourth-order valence-corrected chi connectivity index (χ4v) is 3.92. The van der Waals surface area contributed by atoms with Crippen LogP contribution < -0.4 is 16.0 Å². The van der Waals surface area contributed by atoms with E-state index >= 15 is 0 Å². The van der Waals surface area contributed by atoms with Crippen molar-refractivity contribution in [1.29, 1.82) is 5.26 Å². The highest BCUT2D eigenvalue weighted by atomic mass is 16.6. The first-order valence-corrected chi connectivity index (χ1v) is 15.8. The highest BCUT2D eigenvalue weighted by molar-refractivity contribution is 5.81. The Morgan fingerprint density at radius 2 is 1.64 bits per heavy atom. The Balaban J connectivity index is 0. The summed E-state index contributed by atoms with van der Waals surface area (Å²) in [6.45, 7) is 21.7. The zero-order valence-corrected chi connectivity index (χ0v) is 28.8. The molecule has 0 spiro atoms. The van der Waals surface area contributed by atoms with Crippen molar-refractivity contribution < 1.29 is 23.9 Å². The van der Waals surface area contributed by atoms with Gasteiger partial charge in [0.25, 0.3) is 0 Å². The standard InChI is InChI=1S/C11H21NO2.C9H13N3O2.C7H7NO.C5H12.C2H6/c1-8(2)7-9(3)12-11(13)14-10-5-4-6-10;1-7-2-8(3-10)12(5-7)9(14)4-11-6-13;9-6-8-7-4-2-1-3-5-7;1-5(2,3)4;1-2/h8-10H,4-7H2,1-3H3,(H,12,13);6-8H,2,4-5H2,1H3,(H,11,13);1-6H,(H,8,9);1-4H3;1-2H3. The highest BCUT2D eigenvalue weighted by Gasteiger charge is 2.32. The van der Waals surface area contributed by atoms with Crippen LogP contribution in [0.4, 0.5) is 10.5 Å². The summed E-state index contributed by atoms with van der Waals surface area (Å²) in [7, 11) is 0. The summed E-state index contributed by atoms with van der Waals surface area (Å²) in [5.41, 5.74) is 1.33. The first-order chi connectivity index (χ1) is 20.7. The monoisotopic (exact) mass is 617 g/mol. The number of nitrogens with one attached hydrogen (secondary N) is 3. The van der Waals surface area contributed by atoms with E-state index in [0.717, 1.165) is 31.4 Å². The molecule has 4 amide bonds. The number of ether oxygens (including phenoxy) is 1. The summed E-state index contributed by atoms with van der Waals surface area (Å²) in [5.74, 6) is 0.779. The minimum atomic E-state index is -0.328. The Morgan fingerprint density at radius 3 is 2.07 bits per heavy atom. The number of carbonyl (C=O) groups is 4. The molecule has 1 aliphatic carbocycles. The topological polar surface area (TPSA) is 141 Å². The van der Waals surface area contributed by atoms with E-state index in [1.54, 1.807) is 0 Å². The predicted molar refractivity (Wildman–Crippen MR) is 178 cm³/mol. The first kappa shape index (κ1) is 42.5. The summed E-state index contributed by atoms with van der Waals surface area (Å²) in [5, 5.41) is 16.5. The van der Waals surface area contributed by atoms with E-state index in [-0.39, 0.29) is 36.7 Å². The van der Waals surface area contributed by atoms with Crippen molar-refractivity contribution in [2.75, 3.05) is 18.4 Å². The number of amides is 4. The number of nitriles is 1. The van der Waals surface area contributed by atoms with Crippen LogP contribution >= 0.6 is 0 Å². The molecule has 3 rings (SSSR count). The largest absolute Gasteiger partial charge is 0.446 e. The highest BCUT2D eigenvalue weighted by Crippen LogP contribution is 2.22. The molecular weight excluding hydrogens is 558 g/mol. The second-order valence-corrected chi connectivity index (χ2v) is 12.8. The van der Waals surface area contributed by atoms with Gasteiger partial charge >= 0.3 is 6.09 Å². The van der Waals surface area contributed by atoms with Crippen LogP contribution in [0, 0.1) is 28.6 Å². The minimum Gasteiger partial charge on any atom is -0.446 e. The smallest absolute Gasteiger partial charge is 0.407 e. The Hall–Kier alpha value is -3.61. The lowest BCUT2D eigenvalue weighted by atomic mass is 9.96. The minimum absolute atomic E-state index is 0.0194. The Kier molecular flexibility index (Phi) is 24.0. The van der Waals surface area contributed by atoms with E-state index in [0.29, 0.717) is 36.6 Å². The third-order valence-electron chi connectivity index (χ3n) is 5.83. The van der Waals surface area contributed by atoms with Crippen molar-refractivity contribution >= 4 is 30.5 Å². The normalized spacial score (nSPS) is 17.4.